The molecule has 0 atom stereocenters. The molecule has 0 aliphatic carbocycles. The number of nitrogens with one attached hydrogen (secondary N) is 1. The van der Waals surface area contributed by atoms with Gasteiger partial charge in [0, 0.05) is 35.9 Å². The minimum absolute atomic E-state index is 0.0161. The normalized spacial score (nSPS) is 13.4. The number of amides is 1. The van der Waals surface area contributed by atoms with Gasteiger partial charge in [-0.15, -0.1) is 0 Å². The van der Waals surface area contributed by atoms with E-state index < -0.39 is 0 Å². The number of fused-ring (bicyclic) bond motifs is 1. The molecule has 7 heteroatoms. The van der Waals surface area contributed by atoms with Gasteiger partial charge in [-0.1, -0.05) is 0 Å². The molecule has 0 bridgehead atoms. The van der Waals surface area contributed by atoms with Crippen LogP contribution in [0.3, 0.4) is 0 Å². The molecule has 0 radical (unpaired) electrons. The van der Waals surface area contributed by atoms with E-state index in [0.717, 1.165) is 23.0 Å². The molecule has 3 aromatic rings. The van der Waals surface area contributed by atoms with Crippen molar-refractivity contribution in [1.29, 1.82) is 0 Å². The van der Waals surface area contributed by atoms with Crippen molar-refractivity contribution in [2.75, 3.05) is 11.9 Å². The fraction of sp³-hybridized carbons (Fsp3) is 0.222. The SMILES string of the molecule is Cc1nc2n(n1)CCN(C(=O)c1ccc(Nc3ccncc3)cc1)C2. The van der Waals surface area contributed by atoms with Crippen molar-refractivity contribution in [1.82, 2.24) is 24.6 Å². The fourth-order valence-corrected chi connectivity index (χ4v) is 2.91. The van der Waals surface area contributed by atoms with E-state index in [1.54, 1.807) is 12.4 Å². The highest BCUT2D eigenvalue weighted by Crippen LogP contribution is 2.18. The Morgan fingerprint density at radius 1 is 1.04 bits per heavy atom. The minimum Gasteiger partial charge on any atom is -0.355 e. The smallest absolute Gasteiger partial charge is 0.254 e. The van der Waals surface area contributed by atoms with Crippen LogP contribution in [0.15, 0.2) is 48.8 Å². The average Bonchev–Trinajstić information content (AvgIpc) is 3.02. The monoisotopic (exact) mass is 334 g/mol. The lowest BCUT2D eigenvalue weighted by molar-refractivity contribution is 0.0702. The Labute approximate surface area is 145 Å². The topological polar surface area (TPSA) is 75.9 Å². The maximum absolute atomic E-state index is 12.7. The summed E-state index contributed by atoms with van der Waals surface area (Å²) in [6.07, 6.45) is 3.47. The van der Waals surface area contributed by atoms with Gasteiger partial charge in [-0.05, 0) is 43.3 Å². The van der Waals surface area contributed by atoms with E-state index in [9.17, 15) is 4.79 Å². The summed E-state index contributed by atoms with van der Waals surface area (Å²) >= 11 is 0. The summed E-state index contributed by atoms with van der Waals surface area (Å²) in [4.78, 5) is 22.9. The molecule has 1 aromatic carbocycles. The Bertz CT molecular complexity index is 888. The maximum atomic E-state index is 12.7. The molecule has 7 nitrogen and oxygen atoms in total. The first kappa shape index (κ1) is 15.3. The highest BCUT2D eigenvalue weighted by molar-refractivity contribution is 5.94. The van der Waals surface area contributed by atoms with Gasteiger partial charge in [-0.3, -0.25) is 9.78 Å². The first-order valence-corrected chi connectivity index (χ1v) is 8.16. The standard InChI is InChI=1S/C18H18N6O/c1-13-20-17-12-23(10-11-24(17)22-13)18(25)14-2-4-15(5-3-14)21-16-6-8-19-9-7-16/h2-9H,10-12H2,1H3,(H,19,21). The Hall–Kier alpha value is -3.22. The van der Waals surface area contributed by atoms with Crippen LogP contribution in [0, 0.1) is 6.92 Å². The predicted octanol–water partition coefficient (Wildman–Crippen LogP) is 2.38. The zero-order valence-electron chi connectivity index (χ0n) is 13.9. The van der Waals surface area contributed by atoms with Gasteiger partial charge in [0.2, 0.25) is 0 Å². The predicted molar refractivity (Wildman–Crippen MR) is 93.5 cm³/mol. The molecule has 1 amide bonds. The average molecular weight is 334 g/mol. The van der Waals surface area contributed by atoms with Crippen molar-refractivity contribution in [3.8, 4) is 0 Å². The molecule has 4 rings (SSSR count). The Balaban J connectivity index is 1.46. The number of aryl methyl sites for hydroxylation is 1. The fourth-order valence-electron chi connectivity index (χ4n) is 2.91. The van der Waals surface area contributed by atoms with Crippen molar-refractivity contribution >= 4 is 17.3 Å². The van der Waals surface area contributed by atoms with Crippen molar-refractivity contribution in [3.63, 3.8) is 0 Å². The van der Waals surface area contributed by atoms with E-state index in [4.69, 9.17) is 0 Å². The van der Waals surface area contributed by atoms with Gasteiger partial charge >= 0.3 is 0 Å². The Morgan fingerprint density at radius 3 is 2.52 bits per heavy atom. The first-order chi connectivity index (χ1) is 12.2. The van der Waals surface area contributed by atoms with Crippen LogP contribution in [0.5, 0.6) is 0 Å². The molecule has 25 heavy (non-hydrogen) atoms. The number of hydrogen-bond acceptors (Lipinski definition) is 5. The number of hydrogen-bond donors (Lipinski definition) is 1. The molecule has 3 heterocycles. The Morgan fingerprint density at radius 2 is 1.76 bits per heavy atom. The summed E-state index contributed by atoms with van der Waals surface area (Å²) in [7, 11) is 0. The lowest BCUT2D eigenvalue weighted by Gasteiger charge is -2.26. The van der Waals surface area contributed by atoms with Crippen LogP contribution in [0.25, 0.3) is 0 Å². The molecule has 0 unspecified atom stereocenters. The van der Waals surface area contributed by atoms with Gasteiger partial charge in [0.25, 0.3) is 5.91 Å². The molecule has 0 spiro atoms. The van der Waals surface area contributed by atoms with E-state index in [1.807, 2.05) is 52.9 Å². The van der Waals surface area contributed by atoms with Crippen LogP contribution >= 0.6 is 0 Å². The third-order valence-corrected chi connectivity index (χ3v) is 4.16. The van der Waals surface area contributed by atoms with E-state index >= 15 is 0 Å². The van der Waals surface area contributed by atoms with Crippen LogP contribution < -0.4 is 5.32 Å². The van der Waals surface area contributed by atoms with Crippen molar-refractivity contribution in [3.05, 3.63) is 66.0 Å². The molecule has 1 N–H and O–H groups in total. The summed E-state index contributed by atoms with van der Waals surface area (Å²) in [5, 5.41) is 7.60. The van der Waals surface area contributed by atoms with Gasteiger partial charge in [0.05, 0.1) is 13.1 Å². The Kier molecular flexibility index (Phi) is 3.89. The maximum Gasteiger partial charge on any atom is 0.254 e. The lowest BCUT2D eigenvalue weighted by Crippen LogP contribution is -2.38. The van der Waals surface area contributed by atoms with Crippen LogP contribution in [0.1, 0.15) is 22.0 Å². The number of benzene rings is 1. The summed E-state index contributed by atoms with van der Waals surface area (Å²) in [5.41, 5.74) is 2.56. The largest absolute Gasteiger partial charge is 0.355 e. The molecule has 0 fully saturated rings. The van der Waals surface area contributed by atoms with Gasteiger partial charge in [0.15, 0.2) is 0 Å². The number of carbonyl (C=O) groups is 1. The van der Waals surface area contributed by atoms with E-state index in [2.05, 4.69) is 20.4 Å². The molecule has 0 saturated heterocycles. The van der Waals surface area contributed by atoms with Gasteiger partial charge in [0.1, 0.15) is 11.6 Å². The number of pyridine rings is 1. The molecular weight excluding hydrogens is 316 g/mol. The second kappa shape index (κ2) is 6.35. The summed E-state index contributed by atoms with van der Waals surface area (Å²) in [6.45, 7) is 3.69. The third-order valence-electron chi connectivity index (χ3n) is 4.16. The van der Waals surface area contributed by atoms with Gasteiger partial charge in [-0.2, -0.15) is 5.10 Å². The van der Waals surface area contributed by atoms with E-state index in [0.29, 0.717) is 25.2 Å². The molecule has 1 aliphatic heterocycles. The van der Waals surface area contributed by atoms with Crippen molar-refractivity contribution in [2.45, 2.75) is 20.0 Å². The quantitative estimate of drug-likeness (QED) is 0.796. The second-order valence-electron chi connectivity index (χ2n) is 5.96. The molecular formula is C18H18N6O. The minimum atomic E-state index is 0.0161. The highest BCUT2D eigenvalue weighted by Gasteiger charge is 2.23. The van der Waals surface area contributed by atoms with Crippen LogP contribution in [0.2, 0.25) is 0 Å². The summed E-state index contributed by atoms with van der Waals surface area (Å²) < 4.78 is 1.88. The summed E-state index contributed by atoms with van der Waals surface area (Å²) in [5.74, 6) is 1.60. The zero-order chi connectivity index (χ0) is 17.2. The molecule has 2 aromatic heterocycles. The van der Waals surface area contributed by atoms with Crippen LogP contribution in [-0.4, -0.2) is 37.1 Å². The number of aromatic nitrogens is 4. The van der Waals surface area contributed by atoms with Crippen LogP contribution in [0.4, 0.5) is 11.4 Å². The van der Waals surface area contributed by atoms with Gasteiger partial charge in [-0.25, -0.2) is 9.67 Å². The molecule has 126 valence electrons. The van der Waals surface area contributed by atoms with E-state index in [1.165, 1.54) is 0 Å². The number of carbonyl (C=O) groups excluding carboxylic acids is 1. The number of anilines is 2. The summed E-state index contributed by atoms with van der Waals surface area (Å²) in [6, 6.07) is 11.3. The third kappa shape index (κ3) is 3.21. The zero-order valence-corrected chi connectivity index (χ0v) is 13.9. The second-order valence-corrected chi connectivity index (χ2v) is 5.96. The lowest BCUT2D eigenvalue weighted by atomic mass is 10.1. The molecule has 1 aliphatic rings. The number of rotatable bonds is 3. The van der Waals surface area contributed by atoms with Crippen molar-refractivity contribution < 1.29 is 4.79 Å². The van der Waals surface area contributed by atoms with Crippen LogP contribution in [-0.2, 0) is 13.1 Å². The van der Waals surface area contributed by atoms with Gasteiger partial charge < -0.3 is 10.2 Å². The molecule has 0 saturated carbocycles. The highest BCUT2D eigenvalue weighted by atomic mass is 16.2. The first-order valence-electron chi connectivity index (χ1n) is 8.16. The van der Waals surface area contributed by atoms with Crippen molar-refractivity contribution in [2.24, 2.45) is 0 Å². The van der Waals surface area contributed by atoms with E-state index in [-0.39, 0.29) is 5.91 Å². The number of nitrogens with zero attached hydrogens (tertiary/aromatic N) is 5.